The average Bonchev–Trinajstić information content (AvgIpc) is 3.18. The summed E-state index contributed by atoms with van der Waals surface area (Å²) < 4.78 is 29.3. The number of Topliss-reactive ketones (excluding diaryl/α,β-unsaturated/α-hetero) is 1. The Labute approximate surface area is 325 Å². The standard InChI is InChI=1S/C45H56N2O8/c1-45(2,3)54-44(49)55-47-30-39(33-52-27-22-46-20-25-50-26-21-46)43(41(31-47)42(48)29-35-14-15-36-12-7-8-13-38(36)28-35)37-16-18-40(19-17-37)53-24-9-23-51-32-34-10-5-4-6-11-34/h4-8,10-19,28,39,41,43H,9,20-27,29-33H2,1-3H3. The molecule has 0 radical (unpaired) electrons. The third-order valence-electron chi connectivity index (χ3n) is 10.0. The Bertz CT molecular complexity index is 1790. The van der Waals surface area contributed by atoms with Crippen molar-refractivity contribution < 1.29 is 38.1 Å². The maximum absolute atomic E-state index is 14.5. The summed E-state index contributed by atoms with van der Waals surface area (Å²) in [6, 6.07) is 32.5. The number of rotatable bonds is 17. The second-order valence-corrected chi connectivity index (χ2v) is 15.5. The minimum absolute atomic E-state index is 0.0758. The molecule has 0 amide bonds. The van der Waals surface area contributed by atoms with Crippen LogP contribution in [0.4, 0.5) is 4.79 Å². The zero-order chi connectivity index (χ0) is 38.5. The van der Waals surface area contributed by atoms with Gasteiger partial charge in [0.2, 0.25) is 0 Å². The van der Waals surface area contributed by atoms with Crippen molar-refractivity contribution in [2.75, 3.05) is 72.4 Å². The van der Waals surface area contributed by atoms with Crippen LogP contribution in [0.15, 0.2) is 97.1 Å². The highest BCUT2D eigenvalue weighted by atomic mass is 16.8. The molecule has 55 heavy (non-hydrogen) atoms. The van der Waals surface area contributed by atoms with E-state index in [0.29, 0.717) is 39.6 Å². The minimum Gasteiger partial charge on any atom is -0.494 e. The highest BCUT2D eigenvalue weighted by Crippen LogP contribution is 2.40. The van der Waals surface area contributed by atoms with E-state index in [2.05, 4.69) is 53.4 Å². The fraction of sp³-hybridized carbons (Fsp3) is 0.467. The normalized spacial score (nSPS) is 19.6. The molecule has 10 nitrogen and oxygen atoms in total. The first-order valence-corrected chi connectivity index (χ1v) is 19.6. The summed E-state index contributed by atoms with van der Waals surface area (Å²) in [5, 5.41) is 3.82. The largest absolute Gasteiger partial charge is 0.528 e. The molecule has 3 unspecified atom stereocenters. The number of morpholine rings is 1. The molecule has 0 saturated carbocycles. The maximum Gasteiger partial charge on any atom is 0.528 e. The van der Waals surface area contributed by atoms with Gasteiger partial charge in [0, 0.05) is 63.3 Å². The number of hydrogen-bond acceptors (Lipinski definition) is 10. The van der Waals surface area contributed by atoms with Crippen LogP contribution in [-0.4, -0.2) is 99.9 Å². The molecule has 0 aliphatic carbocycles. The molecule has 2 saturated heterocycles. The molecule has 2 heterocycles. The lowest BCUT2D eigenvalue weighted by atomic mass is 9.71. The van der Waals surface area contributed by atoms with Crippen molar-refractivity contribution in [1.29, 1.82) is 0 Å². The first-order valence-electron chi connectivity index (χ1n) is 19.6. The van der Waals surface area contributed by atoms with Gasteiger partial charge in [-0.2, -0.15) is 0 Å². The molecule has 2 aliphatic rings. The number of carbonyl (C=O) groups excluding carboxylic acids is 2. The van der Waals surface area contributed by atoms with Crippen LogP contribution in [0.1, 0.15) is 49.8 Å². The van der Waals surface area contributed by atoms with Gasteiger partial charge in [0.15, 0.2) is 0 Å². The molecule has 0 bridgehead atoms. The lowest BCUT2D eigenvalue weighted by molar-refractivity contribution is -0.180. The van der Waals surface area contributed by atoms with Crippen molar-refractivity contribution in [1.82, 2.24) is 9.96 Å². The molecule has 0 N–H and O–H groups in total. The van der Waals surface area contributed by atoms with Gasteiger partial charge in [0.25, 0.3) is 0 Å². The summed E-state index contributed by atoms with van der Waals surface area (Å²) in [4.78, 5) is 35.6. The first kappa shape index (κ1) is 40.3. The summed E-state index contributed by atoms with van der Waals surface area (Å²) >= 11 is 0. The van der Waals surface area contributed by atoms with E-state index in [4.69, 9.17) is 28.5 Å². The lowest BCUT2D eigenvalue weighted by Gasteiger charge is -2.42. The number of benzene rings is 4. The summed E-state index contributed by atoms with van der Waals surface area (Å²) in [5.74, 6) is 0.0148. The maximum atomic E-state index is 14.5. The van der Waals surface area contributed by atoms with E-state index in [1.54, 1.807) is 25.8 Å². The van der Waals surface area contributed by atoms with Gasteiger partial charge in [-0.1, -0.05) is 84.9 Å². The Morgan fingerprint density at radius 2 is 1.53 bits per heavy atom. The molecule has 0 spiro atoms. The number of hydrogen-bond donors (Lipinski definition) is 0. The van der Waals surface area contributed by atoms with E-state index >= 15 is 0 Å². The van der Waals surface area contributed by atoms with E-state index in [9.17, 15) is 9.59 Å². The molecular formula is C45H56N2O8. The van der Waals surface area contributed by atoms with E-state index < -0.39 is 17.7 Å². The van der Waals surface area contributed by atoms with Gasteiger partial charge >= 0.3 is 6.16 Å². The highest BCUT2D eigenvalue weighted by Gasteiger charge is 2.43. The highest BCUT2D eigenvalue weighted by molar-refractivity contribution is 5.88. The minimum atomic E-state index is -0.786. The van der Waals surface area contributed by atoms with Gasteiger partial charge in [-0.15, -0.1) is 5.06 Å². The molecular weight excluding hydrogens is 697 g/mol. The molecule has 2 fully saturated rings. The van der Waals surface area contributed by atoms with Crippen LogP contribution < -0.4 is 4.74 Å². The zero-order valence-electron chi connectivity index (χ0n) is 32.5. The SMILES string of the molecule is CC(C)(C)OC(=O)ON1CC(COCCN2CCOCC2)C(c2ccc(OCCCOCc3ccccc3)cc2)C(C(=O)Cc2ccc3ccccc3c2)C1. The molecule has 2 aliphatic heterocycles. The van der Waals surface area contributed by atoms with Crippen LogP contribution in [0.2, 0.25) is 0 Å². The Kier molecular flexibility index (Phi) is 14.7. The molecule has 10 heteroatoms. The van der Waals surface area contributed by atoms with E-state index in [-0.39, 0.29) is 30.6 Å². The Morgan fingerprint density at radius 3 is 2.29 bits per heavy atom. The molecule has 4 aromatic rings. The van der Waals surface area contributed by atoms with Crippen LogP contribution >= 0.6 is 0 Å². The summed E-state index contributed by atoms with van der Waals surface area (Å²) in [7, 11) is 0. The van der Waals surface area contributed by atoms with Gasteiger partial charge < -0.3 is 28.5 Å². The van der Waals surface area contributed by atoms with E-state index in [1.807, 2.05) is 48.5 Å². The van der Waals surface area contributed by atoms with Gasteiger partial charge in [0.1, 0.15) is 17.1 Å². The fourth-order valence-electron chi connectivity index (χ4n) is 7.36. The number of ether oxygens (including phenoxy) is 5. The molecule has 4 aromatic carbocycles. The van der Waals surface area contributed by atoms with E-state index in [1.165, 1.54) is 0 Å². The number of piperidine rings is 1. The molecule has 0 aromatic heterocycles. The van der Waals surface area contributed by atoms with Crippen LogP contribution in [0.25, 0.3) is 10.8 Å². The third-order valence-corrected chi connectivity index (χ3v) is 10.0. The average molecular weight is 753 g/mol. The summed E-state index contributed by atoms with van der Waals surface area (Å²) in [6.07, 6.45) is 0.232. The first-order chi connectivity index (χ1) is 26.7. The predicted molar refractivity (Wildman–Crippen MR) is 212 cm³/mol. The van der Waals surface area contributed by atoms with Crippen molar-refractivity contribution in [2.24, 2.45) is 11.8 Å². The number of fused-ring (bicyclic) bond motifs is 1. The number of ketones is 1. The van der Waals surface area contributed by atoms with Crippen LogP contribution in [0.5, 0.6) is 5.75 Å². The fourth-order valence-corrected chi connectivity index (χ4v) is 7.36. The molecule has 3 atom stereocenters. The van der Waals surface area contributed by atoms with Gasteiger partial charge in [-0.05, 0) is 60.4 Å². The topological polar surface area (TPSA) is 96.0 Å². The van der Waals surface area contributed by atoms with E-state index in [0.717, 1.165) is 72.5 Å². The van der Waals surface area contributed by atoms with Crippen LogP contribution in [-0.2, 0) is 41.6 Å². The number of hydroxylamine groups is 2. The zero-order valence-corrected chi connectivity index (χ0v) is 32.5. The van der Waals surface area contributed by atoms with Gasteiger partial charge in [0.05, 0.1) is 46.2 Å². The van der Waals surface area contributed by atoms with Gasteiger partial charge in [-0.25, -0.2) is 4.79 Å². The summed E-state index contributed by atoms with van der Waals surface area (Å²) in [5.41, 5.74) is 2.40. The molecule has 6 rings (SSSR count). The smallest absolute Gasteiger partial charge is 0.494 e. The van der Waals surface area contributed by atoms with Crippen molar-refractivity contribution in [3.63, 3.8) is 0 Å². The van der Waals surface area contributed by atoms with Crippen molar-refractivity contribution in [2.45, 2.75) is 51.7 Å². The monoisotopic (exact) mass is 752 g/mol. The summed E-state index contributed by atoms with van der Waals surface area (Å²) in [6.45, 7) is 12.7. The predicted octanol–water partition coefficient (Wildman–Crippen LogP) is 7.48. The second kappa shape index (κ2) is 20.0. The third kappa shape index (κ3) is 12.6. The Morgan fingerprint density at radius 1 is 0.782 bits per heavy atom. The Balaban J connectivity index is 1.17. The Hall–Kier alpha value is -4.32. The molecule has 294 valence electrons. The quantitative estimate of drug-likeness (QED) is 0.0798. The number of carbonyl (C=O) groups is 2. The van der Waals surface area contributed by atoms with Crippen LogP contribution in [0.3, 0.4) is 0 Å². The van der Waals surface area contributed by atoms with Gasteiger partial charge in [-0.3, -0.25) is 9.69 Å². The number of nitrogens with zero attached hydrogens (tertiary/aromatic N) is 2. The van der Waals surface area contributed by atoms with Crippen molar-refractivity contribution in [3.05, 3.63) is 114 Å². The van der Waals surface area contributed by atoms with Crippen molar-refractivity contribution in [3.8, 4) is 5.75 Å². The second-order valence-electron chi connectivity index (χ2n) is 15.5. The lowest BCUT2D eigenvalue weighted by Crippen LogP contribution is -2.50. The van der Waals surface area contributed by atoms with Crippen LogP contribution in [0, 0.1) is 11.8 Å². The van der Waals surface area contributed by atoms with Crippen molar-refractivity contribution >= 4 is 22.7 Å².